The molecule has 0 saturated heterocycles. The van der Waals surface area contributed by atoms with Crippen molar-refractivity contribution in [3.8, 4) is 0 Å². The summed E-state index contributed by atoms with van der Waals surface area (Å²) in [5.74, 6) is 5.65. The van der Waals surface area contributed by atoms with Crippen molar-refractivity contribution in [2.75, 3.05) is 11.3 Å². The number of hydrogen-bond donors (Lipinski definition) is 2. The van der Waals surface area contributed by atoms with Gasteiger partial charge in [0.05, 0.1) is 16.2 Å². The first-order valence-corrected chi connectivity index (χ1v) is 5.82. The zero-order chi connectivity index (χ0) is 14.7. The molecule has 0 saturated carbocycles. The summed E-state index contributed by atoms with van der Waals surface area (Å²) in [4.78, 5) is 10.2. The smallest absolute Gasteiger partial charge is 0.288 e. The molecule has 2 aromatic rings. The van der Waals surface area contributed by atoms with Gasteiger partial charge in [-0.2, -0.15) is 5.10 Å². The fraction of sp³-hybridized carbons (Fsp3) is 0. The average Bonchev–Trinajstić information content (AvgIpc) is 2.77. The molecule has 0 radical (unpaired) electrons. The third-order valence-corrected chi connectivity index (χ3v) is 2.83. The summed E-state index contributed by atoms with van der Waals surface area (Å²) in [6, 6.07) is 2.48. The maximum absolute atomic E-state index is 10.8. The number of hydrazone groups is 1. The number of nitrogen functional groups attached to an aromatic ring is 1. The number of nitro benzene ring substituents is 1. The van der Waals surface area contributed by atoms with Gasteiger partial charge in [-0.1, -0.05) is 23.2 Å². The second kappa shape index (κ2) is 5.72. The van der Waals surface area contributed by atoms with Crippen LogP contribution in [0.25, 0.3) is 0 Å². The van der Waals surface area contributed by atoms with Gasteiger partial charge in [-0.25, -0.2) is 10.1 Å². The SMILES string of the molecule is Nn1cnnc1N/N=C/c1cc([N+](=O)[O-])c(Cl)cc1Cl. The number of nitrogens with zero attached hydrogens (tertiary/aromatic N) is 5. The second-order valence-corrected chi connectivity index (χ2v) is 4.33. The zero-order valence-corrected chi connectivity index (χ0v) is 11.2. The monoisotopic (exact) mass is 315 g/mol. The van der Waals surface area contributed by atoms with Gasteiger partial charge in [-0.15, -0.1) is 10.2 Å². The molecule has 0 aliphatic heterocycles. The number of anilines is 1. The molecular formula is C9H7Cl2N7O2. The summed E-state index contributed by atoms with van der Waals surface area (Å²) < 4.78 is 1.11. The lowest BCUT2D eigenvalue weighted by Gasteiger charge is -2.01. The molecule has 0 fully saturated rings. The molecule has 3 N–H and O–H groups in total. The molecule has 0 spiro atoms. The number of nitrogens with one attached hydrogen (secondary N) is 1. The summed E-state index contributed by atoms with van der Waals surface area (Å²) in [5.41, 5.74) is 2.56. The average molecular weight is 316 g/mol. The molecule has 1 aromatic carbocycles. The van der Waals surface area contributed by atoms with Gasteiger partial charge in [0.25, 0.3) is 11.6 Å². The van der Waals surface area contributed by atoms with E-state index in [-0.39, 0.29) is 21.7 Å². The van der Waals surface area contributed by atoms with Crippen molar-refractivity contribution in [2.45, 2.75) is 0 Å². The molecule has 20 heavy (non-hydrogen) atoms. The minimum atomic E-state index is -0.611. The van der Waals surface area contributed by atoms with E-state index in [9.17, 15) is 10.1 Å². The van der Waals surface area contributed by atoms with Crippen LogP contribution in [0.15, 0.2) is 23.6 Å². The van der Waals surface area contributed by atoms with E-state index in [0.717, 1.165) is 4.68 Å². The quantitative estimate of drug-likeness (QED) is 0.382. The van der Waals surface area contributed by atoms with Crippen molar-refractivity contribution < 1.29 is 4.92 Å². The Kier molecular flexibility index (Phi) is 4.01. The Bertz CT molecular complexity index is 685. The Morgan fingerprint density at radius 2 is 2.20 bits per heavy atom. The van der Waals surface area contributed by atoms with E-state index in [2.05, 4.69) is 20.7 Å². The van der Waals surface area contributed by atoms with Crippen molar-refractivity contribution in [3.63, 3.8) is 0 Å². The molecule has 1 aromatic heterocycles. The number of nitro groups is 1. The summed E-state index contributed by atoms with van der Waals surface area (Å²) in [7, 11) is 0. The van der Waals surface area contributed by atoms with Crippen LogP contribution in [0.5, 0.6) is 0 Å². The molecule has 0 bridgehead atoms. The van der Waals surface area contributed by atoms with Crippen molar-refractivity contribution >= 4 is 41.1 Å². The molecule has 0 aliphatic carbocycles. The molecule has 0 amide bonds. The van der Waals surface area contributed by atoms with E-state index in [4.69, 9.17) is 29.0 Å². The van der Waals surface area contributed by atoms with Gasteiger partial charge in [-0.3, -0.25) is 10.1 Å². The Balaban J connectivity index is 2.23. The van der Waals surface area contributed by atoms with Crippen molar-refractivity contribution in [1.29, 1.82) is 0 Å². The van der Waals surface area contributed by atoms with Gasteiger partial charge in [0.2, 0.25) is 0 Å². The first kappa shape index (κ1) is 14.0. The summed E-state index contributed by atoms with van der Waals surface area (Å²) in [6.07, 6.45) is 2.55. The van der Waals surface area contributed by atoms with Crippen LogP contribution in [-0.2, 0) is 0 Å². The molecule has 104 valence electrons. The predicted octanol–water partition coefficient (Wildman–Crippen LogP) is 1.65. The highest BCUT2D eigenvalue weighted by molar-refractivity contribution is 6.37. The molecule has 0 aliphatic rings. The van der Waals surface area contributed by atoms with Crippen molar-refractivity contribution in [1.82, 2.24) is 14.9 Å². The number of halogens is 2. The van der Waals surface area contributed by atoms with Crippen molar-refractivity contribution in [3.05, 3.63) is 44.2 Å². The van der Waals surface area contributed by atoms with Gasteiger partial charge in [-0.05, 0) is 6.07 Å². The van der Waals surface area contributed by atoms with Crippen LogP contribution in [0.1, 0.15) is 5.56 Å². The Morgan fingerprint density at radius 1 is 1.45 bits per heavy atom. The lowest BCUT2D eigenvalue weighted by Crippen LogP contribution is -2.10. The highest BCUT2D eigenvalue weighted by atomic mass is 35.5. The molecule has 0 atom stereocenters. The van der Waals surface area contributed by atoms with Gasteiger partial charge in [0.1, 0.15) is 11.3 Å². The largest absolute Gasteiger partial charge is 0.335 e. The van der Waals surface area contributed by atoms with Crippen LogP contribution in [-0.4, -0.2) is 26.0 Å². The third-order valence-electron chi connectivity index (χ3n) is 2.20. The minimum absolute atomic E-state index is 0.0492. The number of benzene rings is 1. The maximum Gasteiger partial charge on any atom is 0.288 e. The first-order chi connectivity index (χ1) is 9.49. The normalized spacial score (nSPS) is 10.9. The molecule has 1 heterocycles. The Hall–Kier alpha value is -2.39. The lowest BCUT2D eigenvalue weighted by molar-refractivity contribution is -0.384. The van der Waals surface area contributed by atoms with E-state index in [0.29, 0.717) is 5.56 Å². The van der Waals surface area contributed by atoms with Crippen LogP contribution in [0, 0.1) is 10.1 Å². The van der Waals surface area contributed by atoms with E-state index in [1.54, 1.807) is 0 Å². The topological polar surface area (TPSA) is 124 Å². The predicted molar refractivity (Wildman–Crippen MR) is 74.5 cm³/mol. The van der Waals surface area contributed by atoms with Crippen LogP contribution in [0.2, 0.25) is 10.0 Å². The highest BCUT2D eigenvalue weighted by Gasteiger charge is 2.15. The van der Waals surface area contributed by atoms with Crippen molar-refractivity contribution in [2.24, 2.45) is 5.10 Å². The van der Waals surface area contributed by atoms with E-state index >= 15 is 0 Å². The Morgan fingerprint density at radius 3 is 2.80 bits per heavy atom. The number of nitrogens with two attached hydrogens (primary N) is 1. The molecule has 11 heteroatoms. The Labute approximate surface area is 122 Å². The summed E-state index contributed by atoms with van der Waals surface area (Å²) >= 11 is 11.6. The number of rotatable bonds is 4. The lowest BCUT2D eigenvalue weighted by atomic mass is 10.2. The van der Waals surface area contributed by atoms with Gasteiger partial charge in [0.15, 0.2) is 0 Å². The van der Waals surface area contributed by atoms with E-state index in [1.165, 1.54) is 24.7 Å². The fourth-order valence-electron chi connectivity index (χ4n) is 1.27. The van der Waals surface area contributed by atoms with Gasteiger partial charge < -0.3 is 5.84 Å². The minimum Gasteiger partial charge on any atom is -0.335 e. The van der Waals surface area contributed by atoms with Crippen LogP contribution >= 0.6 is 23.2 Å². The molecule has 2 rings (SSSR count). The molecule has 9 nitrogen and oxygen atoms in total. The van der Waals surface area contributed by atoms with Gasteiger partial charge in [0, 0.05) is 11.6 Å². The maximum atomic E-state index is 10.8. The number of hydrogen-bond acceptors (Lipinski definition) is 7. The van der Waals surface area contributed by atoms with Gasteiger partial charge >= 0.3 is 0 Å². The van der Waals surface area contributed by atoms with E-state index in [1.807, 2.05) is 0 Å². The van der Waals surface area contributed by atoms with E-state index < -0.39 is 4.92 Å². The molecule has 0 unspecified atom stereocenters. The summed E-state index contributed by atoms with van der Waals surface area (Å²) in [6.45, 7) is 0. The second-order valence-electron chi connectivity index (χ2n) is 3.51. The van der Waals surface area contributed by atoms with Crippen LogP contribution in [0.3, 0.4) is 0 Å². The molecular weight excluding hydrogens is 309 g/mol. The summed E-state index contributed by atoms with van der Waals surface area (Å²) in [5, 5.41) is 21.9. The highest BCUT2D eigenvalue weighted by Crippen LogP contribution is 2.29. The third kappa shape index (κ3) is 2.95. The van der Waals surface area contributed by atoms with Crippen LogP contribution in [0.4, 0.5) is 11.6 Å². The standard InChI is InChI=1S/C9H7Cl2N7O2/c10-6-2-7(11)8(18(19)20)1-5(6)3-13-15-9-16-14-4-17(9)12/h1-4H,12H2,(H,15,16)/b13-3+. The first-order valence-electron chi connectivity index (χ1n) is 5.06. The fourth-order valence-corrected chi connectivity index (χ4v) is 1.78. The van der Waals surface area contributed by atoms with Crippen LogP contribution < -0.4 is 11.3 Å². The number of aromatic nitrogens is 3. The zero-order valence-electron chi connectivity index (χ0n) is 9.70.